The Labute approximate surface area is 121 Å². The quantitative estimate of drug-likeness (QED) is 0.936. The summed E-state index contributed by atoms with van der Waals surface area (Å²) in [4.78, 5) is 15.8. The summed E-state index contributed by atoms with van der Waals surface area (Å²) >= 11 is 0. The molecule has 3 rings (SSSR count). The summed E-state index contributed by atoms with van der Waals surface area (Å²) in [5.74, 6) is 0.397. The van der Waals surface area contributed by atoms with Gasteiger partial charge in [0, 0.05) is 12.0 Å². The summed E-state index contributed by atoms with van der Waals surface area (Å²) in [6.45, 7) is 0. The lowest BCUT2D eigenvalue weighted by atomic mass is 10.0. The minimum Gasteiger partial charge on any atom is -0.478 e. The number of nitrogens with zero attached hydrogens (tertiary/aromatic N) is 1. The maximum Gasteiger partial charge on any atom is 0.348 e. The average Bonchev–Trinajstić information content (AvgIpc) is 2.99. The molecule has 0 aromatic heterocycles. The van der Waals surface area contributed by atoms with Gasteiger partial charge < -0.3 is 14.7 Å². The zero-order chi connectivity index (χ0) is 14.7. The van der Waals surface area contributed by atoms with Crippen LogP contribution in [-0.4, -0.2) is 22.9 Å². The molecule has 0 spiro atoms. The Kier molecular flexibility index (Phi) is 3.55. The second-order valence-electron chi connectivity index (χ2n) is 4.62. The molecule has 2 aromatic rings. The maximum absolute atomic E-state index is 10.9. The zero-order valence-electron chi connectivity index (χ0n) is 11.1. The van der Waals surface area contributed by atoms with E-state index in [4.69, 9.17) is 14.7 Å². The third kappa shape index (κ3) is 3.02. The second-order valence-corrected chi connectivity index (χ2v) is 4.62. The third-order valence-corrected chi connectivity index (χ3v) is 3.09. The largest absolute Gasteiger partial charge is 0.478 e. The van der Waals surface area contributed by atoms with Gasteiger partial charge in [-0.3, -0.25) is 0 Å². The summed E-state index contributed by atoms with van der Waals surface area (Å²) in [5.41, 5.74) is 1.41. The van der Waals surface area contributed by atoms with Crippen LogP contribution in [0.3, 0.4) is 0 Å². The molecule has 0 radical (unpaired) electrons. The van der Waals surface area contributed by atoms with Crippen molar-refractivity contribution in [1.29, 1.82) is 0 Å². The van der Waals surface area contributed by atoms with E-state index in [1.165, 1.54) is 0 Å². The van der Waals surface area contributed by atoms with Gasteiger partial charge in [-0.15, -0.1) is 0 Å². The van der Waals surface area contributed by atoms with Gasteiger partial charge in [-0.05, 0) is 24.3 Å². The van der Waals surface area contributed by atoms with Crippen LogP contribution < -0.4 is 4.74 Å². The van der Waals surface area contributed by atoms with Crippen LogP contribution >= 0.6 is 0 Å². The molecular formula is C16H13NO4. The van der Waals surface area contributed by atoms with Gasteiger partial charge in [-0.2, -0.15) is 0 Å². The average molecular weight is 283 g/mol. The molecule has 1 atom stereocenters. The minimum absolute atomic E-state index is 0.254. The standard InChI is InChI=1S/C16H13NO4/c18-16(19)15-10-14(17-21-15)11-5-4-8-13(9-11)20-12-6-2-1-3-7-12/h1-9,15H,10H2,(H,18,19). The number of hydrogen-bond donors (Lipinski definition) is 1. The van der Waals surface area contributed by atoms with E-state index in [0.717, 1.165) is 11.3 Å². The summed E-state index contributed by atoms with van der Waals surface area (Å²) in [5, 5.41) is 12.7. The number of rotatable bonds is 4. The molecule has 1 unspecified atom stereocenters. The highest BCUT2D eigenvalue weighted by Crippen LogP contribution is 2.24. The maximum atomic E-state index is 10.9. The van der Waals surface area contributed by atoms with E-state index >= 15 is 0 Å². The highest BCUT2D eigenvalue weighted by Gasteiger charge is 2.28. The van der Waals surface area contributed by atoms with Crippen molar-refractivity contribution in [3.8, 4) is 11.5 Å². The number of carboxylic acids is 1. The normalized spacial score (nSPS) is 17.0. The van der Waals surface area contributed by atoms with Crippen LogP contribution in [0.2, 0.25) is 0 Å². The van der Waals surface area contributed by atoms with Crippen LogP contribution in [0.25, 0.3) is 0 Å². The Hall–Kier alpha value is -2.82. The SMILES string of the molecule is O=C(O)C1CC(c2cccc(Oc3ccccc3)c2)=NO1. The molecular weight excluding hydrogens is 270 g/mol. The molecule has 0 amide bonds. The zero-order valence-corrected chi connectivity index (χ0v) is 11.1. The van der Waals surface area contributed by atoms with E-state index in [1.807, 2.05) is 54.6 Å². The topological polar surface area (TPSA) is 68.1 Å². The van der Waals surface area contributed by atoms with Gasteiger partial charge in [0.25, 0.3) is 0 Å². The van der Waals surface area contributed by atoms with Crippen molar-refractivity contribution in [1.82, 2.24) is 0 Å². The Morgan fingerprint density at radius 2 is 1.90 bits per heavy atom. The fourth-order valence-corrected chi connectivity index (χ4v) is 2.04. The Morgan fingerprint density at radius 3 is 2.62 bits per heavy atom. The predicted octanol–water partition coefficient (Wildman–Crippen LogP) is 3.06. The van der Waals surface area contributed by atoms with Gasteiger partial charge in [0.2, 0.25) is 6.10 Å². The molecule has 1 aliphatic heterocycles. The fourth-order valence-electron chi connectivity index (χ4n) is 2.04. The van der Waals surface area contributed by atoms with Crippen molar-refractivity contribution in [2.75, 3.05) is 0 Å². The number of para-hydroxylation sites is 1. The molecule has 5 nitrogen and oxygen atoms in total. The van der Waals surface area contributed by atoms with Crippen LogP contribution in [0.1, 0.15) is 12.0 Å². The van der Waals surface area contributed by atoms with Crippen LogP contribution in [0.4, 0.5) is 0 Å². The van der Waals surface area contributed by atoms with Gasteiger partial charge in [0.1, 0.15) is 11.5 Å². The molecule has 0 saturated carbocycles. The number of benzene rings is 2. The number of hydrogen-bond acceptors (Lipinski definition) is 4. The lowest BCUT2D eigenvalue weighted by Gasteiger charge is -2.07. The first-order valence-electron chi connectivity index (χ1n) is 6.51. The second kappa shape index (κ2) is 5.66. The lowest BCUT2D eigenvalue weighted by Crippen LogP contribution is -2.19. The van der Waals surface area contributed by atoms with Gasteiger partial charge in [0.15, 0.2) is 0 Å². The molecule has 0 aliphatic carbocycles. The van der Waals surface area contributed by atoms with Crippen molar-refractivity contribution in [3.05, 3.63) is 60.2 Å². The monoisotopic (exact) mass is 283 g/mol. The first-order chi connectivity index (χ1) is 10.2. The molecule has 1 heterocycles. The molecule has 106 valence electrons. The lowest BCUT2D eigenvalue weighted by molar-refractivity contribution is -0.148. The summed E-state index contributed by atoms with van der Waals surface area (Å²) in [6.07, 6.45) is -0.650. The number of oxime groups is 1. The summed E-state index contributed by atoms with van der Waals surface area (Å²) in [7, 11) is 0. The number of carbonyl (C=O) groups is 1. The number of aliphatic carboxylic acids is 1. The molecule has 0 saturated heterocycles. The molecule has 0 fully saturated rings. The van der Waals surface area contributed by atoms with Gasteiger partial charge >= 0.3 is 5.97 Å². The Bertz CT molecular complexity index is 682. The molecule has 0 bridgehead atoms. The highest BCUT2D eigenvalue weighted by atomic mass is 16.7. The van der Waals surface area contributed by atoms with E-state index in [2.05, 4.69) is 5.16 Å². The van der Waals surface area contributed by atoms with Crippen LogP contribution in [0.15, 0.2) is 59.8 Å². The van der Waals surface area contributed by atoms with Crippen molar-refractivity contribution in [3.63, 3.8) is 0 Å². The van der Waals surface area contributed by atoms with Gasteiger partial charge in [0.05, 0.1) is 5.71 Å². The molecule has 2 aromatic carbocycles. The van der Waals surface area contributed by atoms with E-state index in [-0.39, 0.29) is 6.42 Å². The third-order valence-electron chi connectivity index (χ3n) is 3.09. The van der Waals surface area contributed by atoms with Crippen molar-refractivity contribution < 1.29 is 19.5 Å². The van der Waals surface area contributed by atoms with Gasteiger partial charge in [-0.1, -0.05) is 35.5 Å². The number of ether oxygens (including phenoxy) is 1. The van der Waals surface area contributed by atoms with E-state index in [1.54, 1.807) is 0 Å². The van der Waals surface area contributed by atoms with Crippen LogP contribution in [0.5, 0.6) is 11.5 Å². The first kappa shape index (κ1) is 13.2. The smallest absolute Gasteiger partial charge is 0.348 e. The minimum atomic E-state index is -1.01. The van der Waals surface area contributed by atoms with Crippen molar-refractivity contribution in [2.24, 2.45) is 5.16 Å². The number of carboxylic acid groups (broad SMARTS) is 1. The molecule has 21 heavy (non-hydrogen) atoms. The predicted molar refractivity (Wildman–Crippen MR) is 76.6 cm³/mol. The van der Waals surface area contributed by atoms with Crippen molar-refractivity contribution in [2.45, 2.75) is 12.5 Å². The fraction of sp³-hybridized carbons (Fsp3) is 0.125. The molecule has 1 aliphatic rings. The first-order valence-corrected chi connectivity index (χ1v) is 6.51. The van der Waals surface area contributed by atoms with E-state index in [0.29, 0.717) is 11.5 Å². The van der Waals surface area contributed by atoms with Crippen LogP contribution in [0, 0.1) is 0 Å². The Morgan fingerprint density at radius 1 is 1.14 bits per heavy atom. The Balaban J connectivity index is 1.77. The van der Waals surface area contributed by atoms with E-state index < -0.39 is 12.1 Å². The van der Waals surface area contributed by atoms with Crippen molar-refractivity contribution >= 4 is 11.7 Å². The van der Waals surface area contributed by atoms with Gasteiger partial charge in [-0.25, -0.2) is 4.79 Å². The highest BCUT2D eigenvalue weighted by molar-refractivity contribution is 6.03. The van der Waals surface area contributed by atoms with Crippen LogP contribution in [-0.2, 0) is 9.63 Å². The molecule has 1 N–H and O–H groups in total. The summed E-state index contributed by atoms with van der Waals surface area (Å²) in [6, 6.07) is 16.8. The summed E-state index contributed by atoms with van der Waals surface area (Å²) < 4.78 is 5.74. The molecule has 5 heteroatoms. The van der Waals surface area contributed by atoms with E-state index in [9.17, 15) is 4.79 Å².